The third-order valence-corrected chi connectivity index (χ3v) is 5.91. The minimum absolute atomic E-state index is 0.0381. The number of carbonyl (C=O) groups excluding carboxylic acids is 2. The summed E-state index contributed by atoms with van der Waals surface area (Å²) in [7, 11) is 5.46. The number of amides is 2. The number of ether oxygens (including phenoxy) is 1. The summed E-state index contributed by atoms with van der Waals surface area (Å²) in [5.74, 6) is 0.0482. The minimum Gasteiger partial charge on any atom is -0.375 e. The molecule has 2 aliphatic rings. The largest absolute Gasteiger partial charge is 0.375 e. The maximum absolute atomic E-state index is 12.8. The number of fused-ring (bicyclic) bond motifs is 2. The lowest BCUT2D eigenvalue weighted by molar-refractivity contribution is -0.134. The van der Waals surface area contributed by atoms with Gasteiger partial charge in [-0.25, -0.2) is 0 Å². The number of aryl methyl sites for hydroxylation is 1. The quantitative estimate of drug-likeness (QED) is 0.861. The number of morpholine rings is 1. The highest BCUT2D eigenvalue weighted by atomic mass is 16.5. The molecule has 28 heavy (non-hydrogen) atoms. The Morgan fingerprint density at radius 1 is 1.25 bits per heavy atom. The third-order valence-electron chi connectivity index (χ3n) is 5.91. The molecular weight excluding hydrogens is 356 g/mol. The van der Waals surface area contributed by atoms with Crippen LogP contribution in [0.1, 0.15) is 23.3 Å². The van der Waals surface area contributed by atoms with Crippen LogP contribution in [0.5, 0.6) is 0 Å². The van der Waals surface area contributed by atoms with E-state index in [-0.39, 0.29) is 24.0 Å². The van der Waals surface area contributed by atoms with Crippen molar-refractivity contribution in [2.75, 3.05) is 33.8 Å². The Morgan fingerprint density at radius 3 is 2.79 bits per heavy atom. The van der Waals surface area contributed by atoms with Crippen LogP contribution in [0.4, 0.5) is 0 Å². The number of benzene rings is 1. The van der Waals surface area contributed by atoms with E-state index < -0.39 is 0 Å². The molecule has 2 amide bonds. The van der Waals surface area contributed by atoms with Crippen molar-refractivity contribution in [2.45, 2.75) is 31.0 Å². The molecule has 3 atom stereocenters. The Kier molecular flexibility index (Phi) is 5.12. The van der Waals surface area contributed by atoms with Crippen LogP contribution < -0.4 is 5.32 Å². The lowest BCUT2D eigenvalue weighted by Crippen LogP contribution is -2.47. The first-order valence-electron chi connectivity index (χ1n) is 9.83. The molecule has 3 heterocycles. The Bertz CT molecular complexity index is 891. The fraction of sp³-hybridized carbons (Fsp3) is 0.524. The highest BCUT2D eigenvalue weighted by Crippen LogP contribution is 2.25. The number of carbonyl (C=O) groups is 2. The minimum atomic E-state index is -0.0706. The van der Waals surface area contributed by atoms with Crippen LogP contribution >= 0.6 is 0 Å². The molecule has 0 aliphatic carbocycles. The zero-order valence-electron chi connectivity index (χ0n) is 16.7. The van der Waals surface area contributed by atoms with Gasteiger partial charge in [0.15, 0.2) is 0 Å². The molecule has 2 fully saturated rings. The van der Waals surface area contributed by atoms with Crippen molar-refractivity contribution < 1.29 is 14.3 Å². The highest BCUT2D eigenvalue weighted by Gasteiger charge is 2.38. The first-order chi connectivity index (χ1) is 13.4. The summed E-state index contributed by atoms with van der Waals surface area (Å²) >= 11 is 0. The van der Waals surface area contributed by atoms with Crippen molar-refractivity contribution in [2.24, 2.45) is 7.05 Å². The maximum atomic E-state index is 12.8. The van der Waals surface area contributed by atoms with Gasteiger partial charge in [-0.05, 0) is 18.6 Å². The predicted molar refractivity (Wildman–Crippen MR) is 107 cm³/mol. The Labute approximate surface area is 165 Å². The van der Waals surface area contributed by atoms with Crippen molar-refractivity contribution >= 4 is 22.7 Å². The van der Waals surface area contributed by atoms with Crippen molar-refractivity contribution in [3.05, 3.63) is 36.0 Å². The first-order valence-corrected chi connectivity index (χ1v) is 9.83. The average molecular weight is 384 g/mol. The molecule has 2 aliphatic heterocycles. The van der Waals surface area contributed by atoms with E-state index in [1.165, 1.54) is 0 Å². The molecule has 0 radical (unpaired) electrons. The molecule has 1 N–H and O–H groups in total. The van der Waals surface area contributed by atoms with Crippen LogP contribution in [0.15, 0.2) is 30.3 Å². The Balaban J connectivity index is 1.37. The van der Waals surface area contributed by atoms with Gasteiger partial charge in [-0.3, -0.25) is 14.5 Å². The van der Waals surface area contributed by atoms with Gasteiger partial charge in [-0.15, -0.1) is 0 Å². The second-order valence-electron chi connectivity index (χ2n) is 8.11. The first kappa shape index (κ1) is 19.0. The van der Waals surface area contributed by atoms with Gasteiger partial charge in [0, 0.05) is 57.2 Å². The lowest BCUT2D eigenvalue weighted by atomic mass is 10.1. The summed E-state index contributed by atoms with van der Waals surface area (Å²) in [5.41, 5.74) is 1.73. The molecule has 4 rings (SSSR count). The summed E-state index contributed by atoms with van der Waals surface area (Å²) in [6, 6.07) is 10.4. The van der Waals surface area contributed by atoms with Gasteiger partial charge in [0.1, 0.15) is 5.69 Å². The average Bonchev–Trinajstić information content (AvgIpc) is 3.22. The van der Waals surface area contributed by atoms with Gasteiger partial charge < -0.3 is 19.5 Å². The normalized spacial score (nSPS) is 24.9. The molecule has 150 valence electrons. The molecule has 7 heteroatoms. The predicted octanol–water partition coefficient (Wildman–Crippen LogP) is 1.23. The van der Waals surface area contributed by atoms with Gasteiger partial charge in [0.2, 0.25) is 5.91 Å². The van der Waals surface area contributed by atoms with Crippen LogP contribution in [-0.2, 0) is 16.6 Å². The third kappa shape index (κ3) is 3.64. The molecule has 1 aromatic heterocycles. The zero-order chi connectivity index (χ0) is 19.8. The molecule has 0 spiro atoms. The van der Waals surface area contributed by atoms with Crippen LogP contribution in [-0.4, -0.2) is 78.2 Å². The topological polar surface area (TPSA) is 66.8 Å². The van der Waals surface area contributed by atoms with Crippen LogP contribution in [0.25, 0.3) is 10.9 Å². The van der Waals surface area contributed by atoms with Crippen LogP contribution in [0.3, 0.4) is 0 Å². The van der Waals surface area contributed by atoms with Gasteiger partial charge in [-0.1, -0.05) is 18.2 Å². The van der Waals surface area contributed by atoms with Gasteiger partial charge in [-0.2, -0.15) is 0 Å². The van der Waals surface area contributed by atoms with Crippen LogP contribution in [0.2, 0.25) is 0 Å². The highest BCUT2D eigenvalue weighted by molar-refractivity contribution is 5.98. The van der Waals surface area contributed by atoms with Gasteiger partial charge in [0.25, 0.3) is 5.91 Å². The van der Waals surface area contributed by atoms with E-state index in [1.807, 2.05) is 41.9 Å². The molecule has 2 saturated heterocycles. The van der Waals surface area contributed by atoms with Crippen molar-refractivity contribution in [3.8, 4) is 0 Å². The number of hydrogen-bond donors (Lipinski definition) is 1. The fourth-order valence-electron chi connectivity index (χ4n) is 4.31. The smallest absolute Gasteiger partial charge is 0.268 e. The molecule has 0 bridgehead atoms. The summed E-state index contributed by atoms with van der Waals surface area (Å²) in [4.78, 5) is 28.7. The molecule has 7 nitrogen and oxygen atoms in total. The van der Waals surface area contributed by atoms with E-state index in [1.54, 1.807) is 19.0 Å². The second-order valence-corrected chi connectivity index (χ2v) is 8.11. The second kappa shape index (κ2) is 7.56. The lowest BCUT2D eigenvalue weighted by Gasteiger charge is -2.35. The van der Waals surface area contributed by atoms with E-state index in [0.717, 1.165) is 30.4 Å². The number of nitrogens with one attached hydrogen (secondary N) is 1. The zero-order valence-corrected chi connectivity index (χ0v) is 16.7. The molecule has 2 aromatic rings. The molecule has 1 aromatic carbocycles. The van der Waals surface area contributed by atoms with E-state index in [9.17, 15) is 9.59 Å². The van der Waals surface area contributed by atoms with Crippen LogP contribution in [0, 0.1) is 0 Å². The molecular formula is C21H28N4O3. The van der Waals surface area contributed by atoms with Gasteiger partial charge in [0.05, 0.1) is 19.1 Å². The van der Waals surface area contributed by atoms with E-state index >= 15 is 0 Å². The SMILES string of the molecule is CN(C)C(=O)C[C@H]1CN2C[C@H](NC(=O)c3cc4ccccc4n3C)C[C@H]2CO1. The van der Waals surface area contributed by atoms with Crippen molar-refractivity contribution in [3.63, 3.8) is 0 Å². The monoisotopic (exact) mass is 384 g/mol. The number of rotatable bonds is 4. The Morgan fingerprint density at radius 2 is 2.04 bits per heavy atom. The number of hydrogen-bond acceptors (Lipinski definition) is 4. The fourth-order valence-corrected chi connectivity index (χ4v) is 4.31. The van der Waals surface area contributed by atoms with E-state index in [4.69, 9.17) is 4.74 Å². The van der Waals surface area contributed by atoms with Crippen molar-refractivity contribution in [1.82, 2.24) is 19.7 Å². The number of para-hydroxylation sites is 1. The van der Waals surface area contributed by atoms with Crippen molar-refractivity contribution in [1.29, 1.82) is 0 Å². The van der Waals surface area contributed by atoms with Gasteiger partial charge >= 0.3 is 0 Å². The summed E-state index contributed by atoms with van der Waals surface area (Å²) in [5, 5.41) is 4.27. The summed E-state index contributed by atoms with van der Waals surface area (Å²) in [6.07, 6.45) is 1.21. The van der Waals surface area contributed by atoms with E-state index in [0.29, 0.717) is 24.8 Å². The summed E-state index contributed by atoms with van der Waals surface area (Å²) in [6.45, 7) is 2.16. The Hall–Kier alpha value is -2.38. The standard InChI is InChI=1S/C21H28N4O3/c1-23(2)20(26)10-17-12-25-11-15(9-16(25)13-28-17)22-21(27)19-8-14-6-4-5-7-18(14)24(19)3/h4-8,15-17H,9-13H2,1-3H3,(H,22,27)/t15-,16+,17+/m1/s1. The number of nitrogens with zero attached hydrogens (tertiary/aromatic N) is 3. The molecule has 0 saturated carbocycles. The summed E-state index contributed by atoms with van der Waals surface area (Å²) < 4.78 is 7.85. The molecule has 0 unspecified atom stereocenters. The maximum Gasteiger partial charge on any atom is 0.268 e. The van der Waals surface area contributed by atoms with E-state index in [2.05, 4.69) is 10.2 Å². The number of aromatic nitrogens is 1.